The van der Waals surface area contributed by atoms with E-state index in [9.17, 15) is 22.9 Å². The molecule has 0 atom stereocenters. The van der Waals surface area contributed by atoms with Gasteiger partial charge in [-0.25, -0.2) is 17.8 Å². The van der Waals surface area contributed by atoms with Crippen LogP contribution in [0.5, 0.6) is 0 Å². The van der Waals surface area contributed by atoms with Crippen molar-refractivity contribution in [3.63, 3.8) is 0 Å². The fourth-order valence-corrected chi connectivity index (χ4v) is 4.11. The van der Waals surface area contributed by atoms with Gasteiger partial charge < -0.3 is 4.90 Å². The Labute approximate surface area is 143 Å². The molecule has 8 nitrogen and oxygen atoms in total. The molecule has 1 aliphatic heterocycles. The molecule has 1 fully saturated rings. The van der Waals surface area contributed by atoms with Crippen molar-refractivity contribution in [3.05, 3.63) is 58.5 Å². The molecule has 10 heteroatoms. The molecule has 1 aromatic carbocycles. The summed E-state index contributed by atoms with van der Waals surface area (Å²) in [5.41, 5.74) is -0.107. The molecule has 0 bridgehead atoms. The second kappa shape index (κ2) is 6.73. The molecule has 1 aliphatic rings. The Morgan fingerprint density at radius 3 is 2.32 bits per heavy atom. The number of hydrogen-bond acceptors (Lipinski definition) is 6. The van der Waals surface area contributed by atoms with Gasteiger partial charge in [0.15, 0.2) is 0 Å². The average molecular weight is 366 g/mol. The van der Waals surface area contributed by atoms with E-state index in [-0.39, 0.29) is 23.7 Å². The minimum absolute atomic E-state index is 0.107. The Kier molecular flexibility index (Phi) is 4.64. The molecule has 0 amide bonds. The Morgan fingerprint density at radius 2 is 1.76 bits per heavy atom. The number of nitrogens with zero attached hydrogens (tertiary/aromatic N) is 4. The number of rotatable bonds is 4. The summed E-state index contributed by atoms with van der Waals surface area (Å²) in [6.07, 6.45) is 1.16. The van der Waals surface area contributed by atoms with E-state index in [0.29, 0.717) is 18.9 Å². The van der Waals surface area contributed by atoms with Gasteiger partial charge in [-0.15, -0.1) is 0 Å². The van der Waals surface area contributed by atoms with Crippen molar-refractivity contribution in [2.75, 3.05) is 31.1 Å². The summed E-state index contributed by atoms with van der Waals surface area (Å²) in [4.78, 5) is 15.7. The maximum absolute atomic E-state index is 13.8. The Hall–Kier alpha value is -2.59. The van der Waals surface area contributed by atoms with Gasteiger partial charge in [-0.1, -0.05) is 12.1 Å². The first kappa shape index (κ1) is 17.2. The molecule has 0 N–H and O–H groups in total. The fraction of sp³-hybridized carbons (Fsp3) is 0.267. The van der Waals surface area contributed by atoms with Crippen LogP contribution in [0.2, 0.25) is 0 Å². The number of nitro groups is 1. The van der Waals surface area contributed by atoms with Gasteiger partial charge in [0, 0.05) is 32.2 Å². The minimum atomic E-state index is -3.89. The van der Waals surface area contributed by atoms with Gasteiger partial charge in [0.2, 0.25) is 10.0 Å². The molecular formula is C15H15FN4O4S. The van der Waals surface area contributed by atoms with Crippen LogP contribution < -0.4 is 4.90 Å². The van der Waals surface area contributed by atoms with Gasteiger partial charge in [0.25, 0.3) is 5.69 Å². The molecule has 2 heterocycles. The monoisotopic (exact) mass is 366 g/mol. The highest BCUT2D eigenvalue weighted by Gasteiger charge is 2.30. The first-order chi connectivity index (χ1) is 11.9. The summed E-state index contributed by atoms with van der Waals surface area (Å²) in [7, 11) is -3.89. The van der Waals surface area contributed by atoms with E-state index in [1.165, 1.54) is 34.6 Å². The highest BCUT2D eigenvalue weighted by Crippen LogP contribution is 2.22. The average Bonchev–Trinajstić information content (AvgIpc) is 2.62. The van der Waals surface area contributed by atoms with E-state index in [2.05, 4.69) is 4.98 Å². The highest BCUT2D eigenvalue weighted by atomic mass is 32.2. The predicted molar refractivity (Wildman–Crippen MR) is 88.3 cm³/mol. The second-order valence-electron chi connectivity index (χ2n) is 5.45. The minimum Gasteiger partial charge on any atom is -0.354 e. The molecule has 0 unspecified atom stereocenters. The van der Waals surface area contributed by atoms with E-state index >= 15 is 0 Å². The van der Waals surface area contributed by atoms with Crippen molar-refractivity contribution in [3.8, 4) is 0 Å². The van der Waals surface area contributed by atoms with Crippen molar-refractivity contribution in [2.45, 2.75) is 4.90 Å². The molecule has 0 spiro atoms. The van der Waals surface area contributed by atoms with Crippen molar-refractivity contribution >= 4 is 21.5 Å². The summed E-state index contributed by atoms with van der Waals surface area (Å²) < 4.78 is 40.1. The third-order valence-corrected chi connectivity index (χ3v) is 5.89. The maximum Gasteiger partial charge on any atom is 0.287 e. The topological polar surface area (TPSA) is 96.6 Å². The lowest BCUT2D eigenvalue weighted by atomic mass is 10.3. The van der Waals surface area contributed by atoms with Crippen molar-refractivity contribution in [1.82, 2.24) is 9.29 Å². The number of pyridine rings is 1. The third-order valence-electron chi connectivity index (χ3n) is 3.96. The molecule has 3 rings (SSSR count). The first-order valence-electron chi connectivity index (χ1n) is 7.49. The van der Waals surface area contributed by atoms with Gasteiger partial charge in [-0.3, -0.25) is 10.1 Å². The highest BCUT2D eigenvalue weighted by molar-refractivity contribution is 7.89. The fourth-order valence-electron chi connectivity index (χ4n) is 2.62. The summed E-state index contributed by atoms with van der Waals surface area (Å²) in [5, 5.41) is 10.7. The molecule has 1 aromatic heterocycles. The van der Waals surface area contributed by atoms with E-state index in [4.69, 9.17) is 0 Å². The predicted octanol–water partition coefficient (Wildman–Crippen LogP) is 1.64. The number of halogens is 1. The van der Waals surface area contributed by atoms with Crippen molar-refractivity contribution < 1.29 is 17.7 Å². The normalized spacial score (nSPS) is 16.0. The van der Waals surface area contributed by atoms with Gasteiger partial charge >= 0.3 is 0 Å². The molecule has 1 saturated heterocycles. The number of anilines is 1. The number of benzene rings is 1. The third kappa shape index (κ3) is 3.44. The van der Waals surface area contributed by atoms with Crippen LogP contribution in [0.4, 0.5) is 15.9 Å². The lowest BCUT2D eigenvalue weighted by Gasteiger charge is -2.34. The standard InChI is InChI=1S/C15H15FN4O4S/c16-13-3-1-2-4-14(13)25(23,24)19-9-7-18(8-10-19)15-6-5-12(11-17-15)20(21)22/h1-6,11H,7-10H2. The Morgan fingerprint density at radius 1 is 1.08 bits per heavy atom. The summed E-state index contributed by atoms with van der Waals surface area (Å²) in [6, 6.07) is 8.16. The van der Waals surface area contributed by atoms with E-state index in [1.807, 2.05) is 4.90 Å². The van der Waals surface area contributed by atoms with E-state index in [0.717, 1.165) is 12.3 Å². The van der Waals surface area contributed by atoms with Crippen LogP contribution in [0.25, 0.3) is 0 Å². The van der Waals surface area contributed by atoms with Crippen LogP contribution in [-0.4, -0.2) is 48.8 Å². The zero-order valence-corrected chi connectivity index (χ0v) is 13.9. The molecule has 0 saturated carbocycles. The number of piperazine rings is 1. The van der Waals surface area contributed by atoms with Gasteiger partial charge in [0.05, 0.1) is 4.92 Å². The smallest absolute Gasteiger partial charge is 0.287 e. The molecule has 0 radical (unpaired) electrons. The van der Waals surface area contributed by atoms with Gasteiger partial charge in [-0.2, -0.15) is 4.31 Å². The molecule has 2 aromatic rings. The second-order valence-corrected chi connectivity index (χ2v) is 7.36. The lowest BCUT2D eigenvalue weighted by Crippen LogP contribution is -2.49. The summed E-state index contributed by atoms with van der Waals surface area (Å²) >= 11 is 0. The van der Waals surface area contributed by atoms with Crippen molar-refractivity contribution in [2.24, 2.45) is 0 Å². The Balaban J connectivity index is 1.71. The summed E-state index contributed by atoms with van der Waals surface area (Å²) in [5.74, 6) is -0.240. The number of hydrogen-bond donors (Lipinski definition) is 0. The van der Waals surface area contributed by atoms with Crippen molar-refractivity contribution in [1.29, 1.82) is 0 Å². The van der Waals surface area contributed by atoms with Gasteiger partial charge in [0.1, 0.15) is 22.7 Å². The van der Waals surface area contributed by atoms with Crippen LogP contribution in [-0.2, 0) is 10.0 Å². The maximum atomic E-state index is 13.8. The quantitative estimate of drug-likeness (QED) is 0.603. The van der Waals surface area contributed by atoms with Crippen LogP contribution in [0.15, 0.2) is 47.5 Å². The van der Waals surface area contributed by atoms with Gasteiger partial charge in [-0.05, 0) is 18.2 Å². The van der Waals surface area contributed by atoms with Crippen LogP contribution >= 0.6 is 0 Å². The van der Waals surface area contributed by atoms with E-state index in [1.54, 1.807) is 0 Å². The summed E-state index contributed by atoms with van der Waals surface area (Å²) in [6.45, 7) is 1.07. The van der Waals surface area contributed by atoms with Crippen LogP contribution in [0.3, 0.4) is 0 Å². The van der Waals surface area contributed by atoms with E-state index < -0.39 is 20.8 Å². The first-order valence-corrected chi connectivity index (χ1v) is 8.93. The zero-order valence-electron chi connectivity index (χ0n) is 13.1. The largest absolute Gasteiger partial charge is 0.354 e. The Bertz CT molecular complexity index is 881. The SMILES string of the molecule is O=[N+]([O-])c1ccc(N2CCN(S(=O)(=O)c3ccccc3F)CC2)nc1. The van der Waals surface area contributed by atoms with Crippen LogP contribution in [0.1, 0.15) is 0 Å². The molecule has 132 valence electrons. The lowest BCUT2D eigenvalue weighted by molar-refractivity contribution is -0.385. The van der Waals surface area contributed by atoms with Crippen LogP contribution in [0, 0.1) is 15.9 Å². The number of sulfonamides is 1. The zero-order chi connectivity index (χ0) is 18.0. The molecular weight excluding hydrogens is 351 g/mol. The molecule has 0 aliphatic carbocycles. The number of aromatic nitrogens is 1. The molecule has 25 heavy (non-hydrogen) atoms.